The molecular weight excluding hydrogens is 451 g/mol. The van der Waals surface area contributed by atoms with Gasteiger partial charge in [0, 0.05) is 44.5 Å². The number of nitrogens with zero attached hydrogens (tertiary/aromatic N) is 3. The van der Waals surface area contributed by atoms with E-state index < -0.39 is 29.7 Å². The highest BCUT2D eigenvalue weighted by molar-refractivity contribution is 7.13. The molecule has 1 aliphatic heterocycles. The summed E-state index contributed by atoms with van der Waals surface area (Å²) in [6.45, 7) is -0.233. The molecule has 0 bridgehead atoms. The Labute approximate surface area is 197 Å². The molecule has 2 unspecified atom stereocenters. The number of carboxylic acid groups (broad SMARTS) is 1. The number of hydrogen-bond donors (Lipinski definition) is 2. The zero-order chi connectivity index (χ0) is 24.5. The van der Waals surface area contributed by atoms with Gasteiger partial charge in [-0.1, -0.05) is 29.8 Å². The molecule has 168 valence electrons. The van der Waals surface area contributed by atoms with E-state index in [1.807, 2.05) is 11.4 Å². The van der Waals surface area contributed by atoms with Crippen LogP contribution >= 0.6 is 22.9 Å². The Hall–Kier alpha value is -2.55. The van der Waals surface area contributed by atoms with Gasteiger partial charge in [0.05, 0.1) is 10.4 Å². The van der Waals surface area contributed by atoms with Gasteiger partial charge < -0.3 is 10.4 Å². The Balaban J connectivity index is 1.55. The lowest BCUT2D eigenvalue weighted by atomic mass is 9.72. The molecule has 2 atom stereocenters. The van der Waals surface area contributed by atoms with E-state index in [2.05, 4.69) is 15.3 Å². The molecule has 0 saturated carbocycles. The third-order valence-corrected chi connectivity index (χ3v) is 6.69. The van der Waals surface area contributed by atoms with Crippen molar-refractivity contribution in [3.05, 3.63) is 70.1 Å². The number of anilines is 2. The summed E-state index contributed by atoms with van der Waals surface area (Å²) in [5, 5.41) is 15.7. The van der Waals surface area contributed by atoms with E-state index in [0.717, 1.165) is 0 Å². The highest BCUT2D eigenvalue weighted by atomic mass is 35.5. The molecule has 32 heavy (non-hydrogen) atoms. The van der Waals surface area contributed by atoms with E-state index in [-0.39, 0.29) is 36.4 Å². The molecule has 1 aliphatic rings. The summed E-state index contributed by atoms with van der Waals surface area (Å²) in [5.74, 6) is -1.18. The van der Waals surface area contributed by atoms with Gasteiger partial charge in [0.25, 0.3) is 0 Å². The fourth-order valence-corrected chi connectivity index (χ4v) is 4.77. The Morgan fingerprint density at radius 1 is 1.44 bits per heavy atom. The van der Waals surface area contributed by atoms with E-state index in [9.17, 15) is 14.3 Å². The highest BCUT2D eigenvalue weighted by Crippen LogP contribution is 2.39. The quantitative estimate of drug-likeness (QED) is 0.477. The summed E-state index contributed by atoms with van der Waals surface area (Å²) in [5.41, 5.74) is -0.656. The van der Waals surface area contributed by atoms with Crippen LogP contribution in [-0.2, 0) is 17.7 Å². The number of nitrogens with one attached hydrogen (secondary N) is 1. The minimum Gasteiger partial charge on any atom is -0.481 e. The van der Waals surface area contributed by atoms with E-state index in [0.29, 0.717) is 16.6 Å². The van der Waals surface area contributed by atoms with Crippen molar-refractivity contribution in [1.29, 1.82) is 0 Å². The summed E-state index contributed by atoms with van der Waals surface area (Å²) in [6, 6.07) is 9.18. The summed E-state index contributed by atoms with van der Waals surface area (Å²) in [4.78, 5) is 22.7. The Morgan fingerprint density at radius 3 is 2.97 bits per heavy atom. The van der Waals surface area contributed by atoms with Crippen molar-refractivity contribution in [2.75, 3.05) is 11.9 Å². The van der Waals surface area contributed by atoms with Crippen LogP contribution in [0.25, 0.3) is 0 Å². The molecule has 1 aromatic carbocycles. The van der Waals surface area contributed by atoms with E-state index in [1.54, 1.807) is 25.3 Å². The van der Waals surface area contributed by atoms with Crippen molar-refractivity contribution >= 4 is 39.9 Å². The maximum Gasteiger partial charge on any atom is 0.310 e. The molecule has 6 nitrogen and oxygen atoms in total. The number of carbonyl (C=O) groups is 1. The van der Waals surface area contributed by atoms with Gasteiger partial charge in [0.2, 0.25) is 0 Å². The van der Waals surface area contributed by atoms with Crippen molar-refractivity contribution in [3.8, 4) is 0 Å². The van der Waals surface area contributed by atoms with Crippen molar-refractivity contribution < 1.29 is 17.0 Å². The Kier molecular flexibility index (Phi) is 5.98. The summed E-state index contributed by atoms with van der Waals surface area (Å²) < 4.78 is 31.9. The predicted molar refractivity (Wildman–Crippen MR) is 124 cm³/mol. The van der Waals surface area contributed by atoms with Crippen molar-refractivity contribution in [2.24, 2.45) is 5.41 Å². The standard InChI is InChI=1S/C23H24ClFN4O2S/c1-15-12-23(21(30)31,8-10-29(15)14-16-4-2-6-18(24)20(16)25)13-17-5-3-7-19(27-17)28-22-26-9-11-32-22/h2-7,9,11,15H,8,10,12-14H2,1H3,(H,30,31)(H,26,27,28)/i14D2. The van der Waals surface area contributed by atoms with Gasteiger partial charge in [-0.25, -0.2) is 14.4 Å². The summed E-state index contributed by atoms with van der Waals surface area (Å²) in [6.07, 6.45) is 2.26. The SMILES string of the molecule is [2H]C([2H])(c1cccc(Cl)c1F)N1CCC(Cc2cccc(Nc3nccs3)n2)(C(=O)O)CC1C. The van der Waals surface area contributed by atoms with Crippen molar-refractivity contribution in [1.82, 2.24) is 14.9 Å². The van der Waals surface area contributed by atoms with E-state index in [1.165, 1.54) is 34.4 Å². The number of aromatic nitrogens is 2. The van der Waals surface area contributed by atoms with Crippen LogP contribution in [0.3, 0.4) is 0 Å². The Bertz CT molecular complexity index is 1180. The molecule has 4 rings (SSSR count). The minimum atomic E-state index is -2.14. The van der Waals surface area contributed by atoms with Gasteiger partial charge in [-0.3, -0.25) is 9.69 Å². The predicted octanol–water partition coefficient (Wildman–Crippen LogP) is 5.37. The normalized spacial score (nSPS) is 22.8. The van der Waals surface area contributed by atoms with Crippen LogP contribution in [0, 0.1) is 11.2 Å². The maximum absolute atomic E-state index is 14.6. The van der Waals surface area contributed by atoms with Crippen LogP contribution in [0.4, 0.5) is 15.3 Å². The zero-order valence-corrected chi connectivity index (χ0v) is 19.0. The first-order valence-corrected chi connectivity index (χ1v) is 11.5. The fraction of sp³-hybridized carbons (Fsp3) is 0.348. The molecule has 3 aromatic rings. The monoisotopic (exact) mass is 476 g/mol. The lowest BCUT2D eigenvalue weighted by molar-refractivity contribution is -0.153. The number of halogens is 2. The highest BCUT2D eigenvalue weighted by Gasteiger charge is 2.44. The molecule has 2 aromatic heterocycles. The van der Waals surface area contributed by atoms with Crippen LogP contribution in [-0.4, -0.2) is 38.5 Å². The summed E-state index contributed by atoms with van der Waals surface area (Å²) in [7, 11) is 0. The second kappa shape index (κ2) is 9.52. The number of benzene rings is 1. The zero-order valence-electron chi connectivity index (χ0n) is 19.4. The molecule has 9 heteroatoms. The molecule has 0 amide bonds. The molecule has 0 radical (unpaired) electrons. The number of aliphatic carboxylic acids is 1. The van der Waals surface area contributed by atoms with Crippen LogP contribution < -0.4 is 5.32 Å². The smallest absolute Gasteiger partial charge is 0.310 e. The van der Waals surface area contributed by atoms with Crippen LogP contribution in [0.1, 0.15) is 33.8 Å². The van der Waals surface area contributed by atoms with E-state index >= 15 is 0 Å². The fourth-order valence-electron chi connectivity index (χ4n) is 4.06. The molecule has 0 spiro atoms. The van der Waals surface area contributed by atoms with Crippen LogP contribution in [0.2, 0.25) is 5.02 Å². The van der Waals surface area contributed by atoms with Gasteiger partial charge in [0.1, 0.15) is 11.6 Å². The molecule has 2 N–H and O–H groups in total. The van der Waals surface area contributed by atoms with E-state index in [4.69, 9.17) is 14.3 Å². The van der Waals surface area contributed by atoms with Gasteiger partial charge in [-0.2, -0.15) is 0 Å². The number of thiazole rings is 1. The lowest BCUT2D eigenvalue weighted by Crippen LogP contribution is -2.49. The summed E-state index contributed by atoms with van der Waals surface area (Å²) >= 11 is 7.31. The topological polar surface area (TPSA) is 78.3 Å². The molecule has 3 heterocycles. The average molecular weight is 477 g/mol. The lowest BCUT2D eigenvalue weighted by Gasteiger charge is -2.43. The third kappa shape index (κ3) is 4.92. The van der Waals surface area contributed by atoms with Crippen molar-refractivity contribution in [3.63, 3.8) is 0 Å². The first-order valence-electron chi connectivity index (χ1n) is 11.2. The first-order chi connectivity index (χ1) is 16.1. The number of likely N-dealkylation sites (tertiary alicyclic amines) is 1. The molecule has 1 saturated heterocycles. The number of pyridine rings is 1. The molecule has 0 aliphatic carbocycles. The second-order valence-corrected chi connectivity index (χ2v) is 9.25. The number of hydrogen-bond acceptors (Lipinski definition) is 6. The van der Waals surface area contributed by atoms with Crippen molar-refractivity contribution in [2.45, 2.75) is 38.7 Å². The Morgan fingerprint density at radius 2 is 2.25 bits per heavy atom. The third-order valence-electron chi connectivity index (χ3n) is 5.71. The number of carboxylic acids is 1. The molecule has 1 fully saturated rings. The largest absolute Gasteiger partial charge is 0.481 e. The molecular formula is C23H24ClFN4O2S. The number of piperidine rings is 1. The minimum absolute atomic E-state index is 0.142. The van der Waals surface area contributed by atoms with Crippen LogP contribution in [0.15, 0.2) is 48.0 Å². The van der Waals surface area contributed by atoms with Gasteiger partial charge in [-0.05, 0) is 44.5 Å². The van der Waals surface area contributed by atoms with Gasteiger partial charge in [0.15, 0.2) is 5.13 Å². The number of rotatable bonds is 7. The van der Waals surface area contributed by atoms with Crippen LogP contribution in [0.5, 0.6) is 0 Å². The second-order valence-electron chi connectivity index (χ2n) is 7.95. The van der Waals surface area contributed by atoms with Gasteiger partial charge in [-0.15, -0.1) is 11.3 Å². The maximum atomic E-state index is 14.6. The van der Waals surface area contributed by atoms with Gasteiger partial charge >= 0.3 is 5.97 Å². The first kappa shape index (κ1) is 20.1. The average Bonchev–Trinajstić information content (AvgIpc) is 3.28.